The number of halogens is 1. The third kappa shape index (κ3) is 4.60. The Labute approximate surface area is 185 Å². The summed E-state index contributed by atoms with van der Waals surface area (Å²) in [5, 5.41) is 3.70. The van der Waals surface area contributed by atoms with Crippen molar-refractivity contribution in [1.29, 1.82) is 0 Å². The van der Waals surface area contributed by atoms with E-state index >= 15 is 0 Å². The molecule has 0 spiro atoms. The number of pyridine rings is 1. The molecule has 1 N–H and O–H groups in total. The van der Waals surface area contributed by atoms with Crippen LogP contribution in [0.25, 0.3) is 11.1 Å². The quantitative estimate of drug-likeness (QED) is 0.611. The molecule has 1 fully saturated rings. The highest BCUT2D eigenvalue weighted by atomic mass is 35.5. The van der Waals surface area contributed by atoms with Crippen molar-refractivity contribution in [2.75, 3.05) is 25.6 Å². The zero-order valence-electron chi connectivity index (χ0n) is 17.7. The van der Waals surface area contributed by atoms with Gasteiger partial charge < -0.3 is 24.1 Å². The Morgan fingerprint density at radius 3 is 2.97 bits per heavy atom. The maximum atomic E-state index is 13.3. The first kappa shape index (κ1) is 21.4. The van der Waals surface area contributed by atoms with E-state index in [4.69, 9.17) is 25.5 Å². The molecule has 4 rings (SSSR count). The molecule has 3 aromatic rings. The minimum absolute atomic E-state index is 0.000305. The van der Waals surface area contributed by atoms with Crippen LogP contribution in [0.1, 0.15) is 36.3 Å². The van der Waals surface area contributed by atoms with Crippen LogP contribution >= 0.6 is 11.6 Å². The molecule has 0 radical (unpaired) electrons. The highest BCUT2D eigenvalue weighted by molar-refractivity contribution is 6.30. The molecule has 2 aromatic heterocycles. The molecule has 1 aromatic carbocycles. The number of aromatic nitrogens is 2. The van der Waals surface area contributed by atoms with Crippen molar-refractivity contribution in [3.63, 3.8) is 0 Å². The molecule has 0 aliphatic carbocycles. The minimum atomic E-state index is -0.0668. The van der Waals surface area contributed by atoms with Crippen molar-refractivity contribution in [2.45, 2.75) is 39.0 Å². The Bertz CT molecular complexity index is 1090. The number of fused-ring (bicyclic) bond motifs is 1. The standard InChI is InChI=1S/C22H25ClN4O4/c1-4-17-12-30-13(2)11-27(17)21(28)14-7-18-20(19(8-14)29-3)31-22(26-18)25-10-16-9-15(23)5-6-24-16/h5-9,13,17H,4,10-12H2,1-3H3,(H,25,26). The first-order valence-electron chi connectivity index (χ1n) is 10.2. The van der Waals surface area contributed by atoms with E-state index in [1.54, 1.807) is 37.6 Å². The van der Waals surface area contributed by atoms with Gasteiger partial charge in [-0.05, 0) is 37.6 Å². The van der Waals surface area contributed by atoms with E-state index in [0.29, 0.717) is 53.1 Å². The molecule has 8 nitrogen and oxygen atoms in total. The summed E-state index contributed by atoms with van der Waals surface area (Å²) in [6.45, 7) is 5.51. The van der Waals surface area contributed by atoms with Crippen LogP contribution in [0.2, 0.25) is 5.02 Å². The normalized spacial score (nSPS) is 18.9. The first-order chi connectivity index (χ1) is 15.0. The molecule has 1 amide bonds. The van der Waals surface area contributed by atoms with Gasteiger partial charge in [-0.3, -0.25) is 9.78 Å². The monoisotopic (exact) mass is 444 g/mol. The fourth-order valence-corrected chi connectivity index (χ4v) is 3.84. The predicted octanol–water partition coefficient (Wildman–Crippen LogP) is 4.14. The molecular formula is C22H25ClN4O4. The van der Waals surface area contributed by atoms with Crippen molar-refractivity contribution in [2.24, 2.45) is 0 Å². The number of nitrogens with zero attached hydrogens (tertiary/aromatic N) is 3. The Morgan fingerprint density at radius 1 is 1.39 bits per heavy atom. The summed E-state index contributed by atoms with van der Waals surface area (Å²) in [5.74, 6) is 0.388. The van der Waals surface area contributed by atoms with Gasteiger partial charge in [0, 0.05) is 23.3 Å². The Morgan fingerprint density at radius 2 is 2.23 bits per heavy atom. The van der Waals surface area contributed by atoms with E-state index in [-0.39, 0.29) is 18.1 Å². The van der Waals surface area contributed by atoms with Crippen LogP contribution in [-0.4, -0.2) is 53.2 Å². The molecule has 0 bridgehead atoms. The van der Waals surface area contributed by atoms with Gasteiger partial charge in [-0.2, -0.15) is 4.98 Å². The van der Waals surface area contributed by atoms with E-state index in [9.17, 15) is 4.79 Å². The van der Waals surface area contributed by atoms with Crippen molar-refractivity contribution in [3.8, 4) is 5.75 Å². The predicted molar refractivity (Wildman–Crippen MR) is 118 cm³/mol. The Hall–Kier alpha value is -2.84. The van der Waals surface area contributed by atoms with Gasteiger partial charge in [0.25, 0.3) is 11.9 Å². The van der Waals surface area contributed by atoms with Gasteiger partial charge >= 0.3 is 0 Å². The van der Waals surface area contributed by atoms with Gasteiger partial charge in [0.2, 0.25) is 0 Å². The number of oxazole rings is 1. The molecule has 1 aliphatic rings. The van der Waals surface area contributed by atoms with Crippen molar-refractivity contribution >= 4 is 34.6 Å². The van der Waals surface area contributed by atoms with Gasteiger partial charge in [0.15, 0.2) is 11.3 Å². The van der Waals surface area contributed by atoms with Crippen molar-refractivity contribution in [3.05, 3.63) is 46.7 Å². The van der Waals surface area contributed by atoms with Gasteiger partial charge in [0.1, 0.15) is 5.52 Å². The lowest BCUT2D eigenvalue weighted by atomic mass is 10.1. The largest absolute Gasteiger partial charge is 0.493 e. The zero-order valence-corrected chi connectivity index (χ0v) is 18.5. The second kappa shape index (κ2) is 9.11. The van der Waals surface area contributed by atoms with E-state index < -0.39 is 0 Å². The van der Waals surface area contributed by atoms with E-state index in [0.717, 1.165) is 12.1 Å². The first-order valence-corrected chi connectivity index (χ1v) is 10.6. The van der Waals surface area contributed by atoms with Crippen LogP contribution in [-0.2, 0) is 11.3 Å². The van der Waals surface area contributed by atoms with E-state index in [2.05, 4.69) is 22.2 Å². The number of methoxy groups -OCH3 is 1. The van der Waals surface area contributed by atoms with Gasteiger partial charge in [-0.15, -0.1) is 0 Å². The number of anilines is 1. The molecule has 2 unspecified atom stereocenters. The number of benzene rings is 1. The SMILES string of the molecule is CCC1COC(C)CN1C(=O)c1cc(OC)c2oc(NCc3cc(Cl)ccn3)nc2c1. The number of carbonyl (C=O) groups is 1. The average molecular weight is 445 g/mol. The number of ether oxygens (including phenoxy) is 2. The molecule has 31 heavy (non-hydrogen) atoms. The van der Waals surface area contributed by atoms with Crippen LogP contribution in [0, 0.1) is 0 Å². The number of hydrogen-bond acceptors (Lipinski definition) is 7. The summed E-state index contributed by atoms with van der Waals surface area (Å²) >= 11 is 6.00. The maximum Gasteiger partial charge on any atom is 0.296 e. The third-order valence-electron chi connectivity index (χ3n) is 5.32. The maximum absolute atomic E-state index is 13.3. The van der Waals surface area contributed by atoms with Crippen LogP contribution in [0.15, 0.2) is 34.9 Å². The number of morpholine rings is 1. The lowest BCUT2D eigenvalue weighted by molar-refractivity contribution is -0.0444. The van der Waals surface area contributed by atoms with Gasteiger partial charge in [0.05, 0.1) is 38.1 Å². The summed E-state index contributed by atoms with van der Waals surface area (Å²) < 4.78 is 17.0. The molecule has 0 saturated carbocycles. The van der Waals surface area contributed by atoms with Gasteiger partial charge in [-0.25, -0.2) is 0 Å². The second-order valence-corrected chi connectivity index (χ2v) is 7.96. The molecule has 2 atom stereocenters. The fraction of sp³-hybridized carbons (Fsp3) is 0.409. The Balaban J connectivity index is 1.60. The van der Waals surface area contributed by atoms with Gasteiger partial charge in [-0.1, -0.05) is 18.5 Å². The fourth-order valence-electron chi connectivity index (χ4n) is 3.66. The van der Waals surface area contributed by atoms with Crippen LogP contribution in [0.4, 0.5) is 6.01 Å². The highest BCUT2D eigenvalue weighted by Gasteiger charge is 2.31. The molecular weight excluding hydrogens is 420 g/mol. The summed E-state index contributed by atoms with van der Waals surface area (Å²) in [7, 11) is 1.54. The topological polar surface area (TPSA) is 89.7 Å². The van der Waals surface area contributed by atoms with Crippen LogP contribution < -0.4 is 10.1 Å². The smallest absolute Gasteiger partial charge is 0.296 e. The van der Waals surface area contributed by atoms with Crippen LogP contribution in [0.3, 0.4) is 0 Å². The second-order valence-electron chi connectivity index (χ2n) is 7.53. The third-order valence-corrected chi connectivity index (χ3v) is 5.56. The summed E-state index contributed by atoms with van der Waals surface area (Å²) in [6, 6.07) is 7.27. The minimum Gasteiger partial charge on any atom is -0.493 e. The Kier molecular flexibility index (Phi) is 6.29. The summed E-state index contributed by atoms with van der Waals surface area (Å²) in [5.41, 5.74) is 2.28. The summed E-state index contributed by atoms with van der Waals surface area (Å²) in [4.78, 5) is 23.9. The number of hydrogen-bond donors (Lipinski definition) is 1. The molecule has 3 heterocycles. The van der Waals surface area contributed by atoms with Crippen molar-refractivity contribution < 1.29 is 18.7 Å². The molecule has 9 heteroatoms. The summed E-state index contributed by atoms with van der Waals surface area (Å²) in [6.07, 6.45) is 2.47. The molecule has 164 valence electrons. The number of nitrogens with one attached hydrogen (secondary N) is 1. The number of rotatable bonds is 6. The average Bonchev–Trinajstić information content (AvgIpc) is 3.19. The number of carbonyl (C=O) groups excluding carboxylic acids is 1. The number of amides is 1. The molecule has 1 aliphatic heterocycles. The van der Waals surface area contributed by atoms with Crippen molar-refractivity contribution in [1.82, 2.24) is 14.9 Å². The lowest BCUT2D eigenvalue weighted by Crippen LogP contribution is -2.51. The van der Waals surface area contributed by atoms with Crippen LogP contribution in [0.5, 0.6) is 5.75 Å². The van der Waals surface area contributed by atoms with E-state index in [1.807, 2.05) is 11.8 Å². The zero-order chi connectivity index (χ0) is 22.0. The molecule has 1 saturated heterocycles. The highest BCUT2D eigenvalue weighted by Crippen LogP contribution is 2.31. The lowest BCUT2D eigenvalue weighted by Gasteiger charge is -2.38. The van der Waals surface area contributed by atoms with E-state index in [1.165, 1.54) is 0 Å².